The normalized spacial score (nSPS) is 19.6. The second kappa shape index (κ2) is 7.87. The first-order valence-corrected chi connectivity index (χ1v) is 10.6. The number of carbonyl (C=O) groups excluding carboxylic acids is 1. The number of thiophene rings is 1. The van der Waals surface area contributed by atoms with E-state index in [1.807, 2.05) is 48.3 Å². The fourth-order valence-corrected chi connectivity index (χ4v) is 4.96. The number of hydrogen-bond donors (Lipinski definition) is 0. The van der Waals surface area contributed by atoms with E-state index in [9.17, 15) is 9.59 Å². The van der Waals surface area contributed by atoms with Crippen molar-refractivity contribution in [2.45, 2.75) is 45.2 Å². The van der Waals surface area contributed by atoms with Crippen LogP contribution in [0.25, 0.3) is 20.7 Å². The molecule has 1 aliphatic rings. The first-order valence-electron chi connectivity index (χ1n) is 9.83. The van der Waals surface area contributed by atoms with E-state index in [1.165, 1.54) is 22.2 Å². The molecule has 0 N–H and O–H groups in total. The van der Waals surface area contributed by atoms with Crippen LogP contribution >= 0.6 is 11.3 Å². The zero-order valence-electron chi connectivity index (χ0n) is 16.3. The Labute approximate surface area is 168 Å². The molecule has 6 heteroatoms. The Morgan fingerprint density at radius 3 is 2.64 bits per heavy atom. The van der Waals surface area contributed by atoms with Crippen molar-refractivity contribution < 1.29 is 4.79 Å². The van der Waals surface area contributed by atoms with E-state index in [1.54, 1.807) is 0 Å². The van der Waals surface area contributed by atoms with Crippen molar-refractivity contribution in [3.8, 4) is 10.4 Å². The highest BCUT2D eigenvalue weighted by Gasteiger charge is 2.25. The van der Waals surface area contributed by atoms with Gasteiger partial charge in [0.25, 0.3) is 5.56 Å². The Hall–Kier alpha value is -2.47. The summed E-state index contributed by atoms with van der Waals surface area (Å²) < 4.78 is 2.04. The zero-order chi connectivity index (χ0) is 19.7. The molecule has 0 unspecified atom stereocenters. The van der Waals surface area contributed by atoms with Gasteiger partial charge in [-0.2, -0.15) is 0 Å². The first kappa shape index (κ1) is 18.9. The maximum atomic E-state index is 12.9. The molecule has 1 amide bonds. The standard InChI is InChI=1S/C22H25N3O2S/c1-15-8-10-17(11-9-15)24(2)20(26)13-25-14-23-18-12-19(28-21(18)22(25)27)16-6-4-3-5-7-16/h3-7,12,14-15,17H,8-11,13H2,1-2H3. The summed E-state index contributed by atoms with van der Waals surface area (Å²) in [7, 11) is 1.86. The predicted octanol–water partition coefficient (Wildman–Crippen LogP) is 4.16. The zero-order valence-corrected chi connectivity index (χ0v) is 17.1. The molecular formula is C22H25N3O2S. The van der Waals surface area contributed by atoms with E-state index in [-0.39, 0.29) is 24.1 Å². The molecule has 0 spiro atoms. The van der Waals surface area contributed by atoms with Crippen molar-refractivity contribution in [3.63, 3.8) is 0 Å². The van der Waals surface area contributed by atoms with Crippen LogP contribution in [-0.4, -0.2) is 33.4 Å². The van der Waals surface area contributed by atoms with Gasteiger partial charge in [0.2, 0.25) is 5.91 Å². The smallest absolute Gasteiger partial charge is 0.271 e. The fraction of sp³-hybridized carbons (Fsp3) is 0.409. The summed E-state index contributed by atoms with van der Waals surface area (Å²) >= 11 is 1.43. The van der Waals surface area contributed by atoms with Crippen LogP contribution in [-0.2, 0) is 11.3 Å². The van der Waals surface area contributed by atoms with Gasteiger partial charge in [-0.25, -0.2) is 4.98 Å². The summed E-state index contributed by atoms with van der Waals surface area (Å²) in [4.78, 5) is 32.9. The third-order valence-electron chi connectivity index (χ3n) is 5.79. The lowest BCUT2D eigenvalue weighted by Crippen LogP contribution is -2.42. The molecule has 2 aromatic heterocycles. The average Bonchev–Trinajstić information content (AvgIpc) is 3.16. The van der Waals surface area contributed by atoms with Crippen LogP contribution in [0.5, 0.6) is 0 Å². The highest BCUT2D eigenvalue weighted by molar-refractivity contribution is 7.22. The Kier molecular flexibility index (Phi) is 5.31. The van der Waals surface area contributed by atoms with E-state index >= 15 is 0 Å². The average molecular weight is 396 g/mol. The summed E-state index contributed by atoms with van der Waals surface area (Å²) in [6, 6.07) is 12.2. The van der Waals surface area contributed by atoms with E-state index in [0.29, 0.717) is 10.2 Å². The predicted molar refractivity (Wildman–Crippen MR) is 114 cm³/mol. The minimum Gasteiger partial charge on any atom is -0.341 e. The number of amides is 1. The van der Waals surface area contributed by atoms with E-state index < -0.39 is 0 Å². The minimum absolute atomic E-state index is 0.0253. The summed E-state index contributed by atoms with van der Waals surface area (Å²) in [6.45, 7) is 2.31. The molecule has 4 rings (SSSR count). The lowest BCUT2D eigenvalue weighted by atomic mass is 9.87. The Morgan fingerprint density at radius 2 is 1.93 bits per heavy atom. The minimum atomic E-state index is -0.142. The van der Waals surface area contributed by atoms with E-state index in [4.69, 9.17) is 0 Å². The third-order valence-corrected chi connectivity index (χ3v) is 6.96. The molecule has 3 aromatic rings. The number of nitrogens with zero attached hydrogens (tertiary/aromatic N) is 3. The second-order valence-corrected chi connectivity index (χ2v) is 8.84. The lowest BCUT2D eigenvalue weighted by Gasteiger charge is -2.33. The van der Waals surface area contributed by atoms with Crippen LogP contribution in [0.3, 0.4) is 0 Å². The van der Waals surface area contributed by atoms with Crippen molar-refractivity contribution in [1.82, 2.24) is 14.5 Å². The highest BCUT2D eigenvalue weighted by Crippen LogP contribution is 2.30. The van der Waals surface area contributed by atoms with Crippen molar-refractivity contribution in [2.75, 3.05) is 7.05 Å². The molecule has 1 aliphatic carbocycles. The van der Waals surface area contributed by atoms with Gasteiger partial charge in [0.1, 0.15) is 11.2 Å². The van der Waals surface area contributed by atoms with E-state index in [2.05, 4.69) is 11.9 Å². The second-order valence-electron chi connectivity index (χ2n) is 7.79. The quantitative estimate of drug-likeness (QED) is 0.666. The lowest BCUT2D eigenvalue weighted by molar-refractivity contribution is -0.133. The molecule has 0 saturated heterocycles. The van der Waals surface area contributed by atoms with Crippen LogP contribution in [0.1, 0.15) is 32.6 Å². The van der Waals surface area contributed by atoms with Crippen molar-refractivity contribution in [2.24, 2.45) is 5.92 Å². The molecule has 0 bridgehead atoms. The van der Waals surface area contributed by atoms with Gasteiger partial charge >= 0.3 is 0 Å². The maximum Gasteiger partial charge on any atom is 0.271 e. The summed E-state index contributed by atoms with van der Waals surface area (Å²) in [5.41, 5.74) is 1.61. The molecule has 1 saturated carbocycles. The van der Waals surface area contributed by atoms with Gasteiger partial charge < -0.3 is 4.90 Å². The molecule has 28 heavy (non-hydrogen) atoms. The number of benzene rings is 1. The topological polar surface area (TPSA) is 55.2 Å². The Morgan fingerprint density at radius 1 is 1.21 bits per heavy atom. The fourth-order valence-electron chi connectivity index (χ4n) is 3.89. The van der Waals surface area contributed by atoms with Crippen molar-refractivity contribution in [1.29, 1.82) is 0 Å². The molecule has 0 aliphatic heterocycles. The molecule has 0 radical (unpaired) electrons. The van der Waals surface area contributed by atoms with E-state index in [0.717, 1.165) is 42.0 Å². The molecule has 1 aromatic carbocycles. The molecule has 0 atom stereocenters. The number of likely N-dealkylation sites (N-methyl/N-ethyl adjacent to an activating group) is 1. The van der Waals surface area contributed by atoms with Crippen LogP contribution in [0.4, 0.5) is 0 Å². The van der Waals surface area contributed by atoms with Gasteiger partial charge in [-0.3, -0.25) is 14.2 Å². The molecule has 146 valence electrons. The molecule has 1 fully saturated rings. The number of fused-ring (bicyclic) bond motifs is 1. The van der Waals surface area contributed by atoms with Gasteiger partial charge in [-0.05, 0) is 43.2 Å². The van der Waals surface area contributed by atoms with Crippen molar-refractivity contribution >= 4 is 27.5 Å². The summed E-state index contributed by atoms with van der Waals surface area (Å²) in [5, 5.41) is 0. The molecular weight excluding hydrogens is 370 g/mol. The van der Waals surface area contributed by atoms with Crippen LogP contribution in [0.15, 0.2) is 47.5 Å². The third kappa shape index (κ3) is 3.74. The Bertz CT molecular complexity index is 1030. The van der Waals surface area contributed by atoms with Gasteiger partial charge in [-0.1, -0.05) is 37.3 Å². The number of carbonyl (C=O) groups is 1. The van der Waals surface area contributed by atoms with Crippen LogP contribution < -0.4 is 5.56 Å². The van der Waals surface area contributed by atoms with Crippen LogP contribution in [0.2, 0.25) is 0 Å². The Balaban J connectivity index is 1.55. The van der Waals surface area contributed by atoms with Crippen molar-refractivity contribution in [3.05, 3.63) is 53.1 Å². The summed E-state index contributed by atoms with van der Waals surface area (Å²) in [6.07, 6.45) is 5.91. The van der Waals surface area contributed by atoms with Crippen LogP contribution in [0, 0.1) is 5.92 Å². The van der Waals surface area contributed by atoms with Gasteiger partial charge in [-0.15, -0.1) is 11.3 Å². The SMILES string of the molecule is CC1CCC(N(C)C(=O)Cn2cnc3cc(-c4ccccc4)sc3c2=O)CC1. The van der Waals surface area contributed by atoms with Gasteiger partial charge in [0, 0.05) is 18.0 Å². The number of aromatic nitrogens is 2. The first-order chi connectivity index (χ1) is 13.5. The maximum absolute atomic E-state index is 12.9. The highest BCUT2D eigenvalue weighted by atomic mass is 32.1. The number of hydrogen-bond acceptors (Lipinski definition) is 4. The molecule has 5 nitrogen and oxygen atoms in total. The largest absolute Gasteiger partial charge is 0.341 e. The summed E-state index contributed by atoms with van der Waals surface area (Å²) in [5.74, 6) is 0.717. The number of rotatable bonds is 4. The van der Waals surface area contributed by atoms with Gasteiger partial charge in [0.15, 0.2) is 0 Å². The monoisotopic (exact) mass is 395 g/mol. The van der Waals surface area contributed by atoms with Gasteiger partial charge in [0.05, 0.1) is 11.8 Å². The molecule has 2 heterocycles.